The second kappa shape index (κ2) is 8.27. The van der Waals surface area contributed by atoms with Crippen LogP contribution in [-0.2, 0) is 21.1 Å². The van der Waals surface area contributed by atoms with Crippen molar-refractivity contribution >= 4 is 37.4 Å². The molecule has 0 saturated heterocycles. The second-order valence-corrected chi connectivity index (χ2v) is 9.07. The summed E-state index contributed by atoms with van der Waals surface area (Å²) < 4.78 is 30.0. The standard InChI is InChI=1S/C20H20BrNO4S/c1-2-26-19-9-3-15(4-10-19)13-20(23)22(17-7-5-16(21)6-8-17)18-11-12-27(24,25)14-18/h3-12,18H,2,13-14H2,1H3. The van der Waals surface area contributed by atoms with Crippen LogP contribution in [0.5, 0.6) is 5.75 Å². The molecule has 5 nitrogen and oxygen atoms in total. The van der Waals surface area contributed by atoms with Gasteiger partial charge in [-0.1, -0.05) is 28.1 Å². The SMILES string of the molecule is CCOc1ccc(CC(=O)N(c2ccc(Br)cc2)C2C=CS(=O)(=O)C2)cc1. The van der Waals surface area contributed by atoms with E-state index in [0.717, 1.165) is 15.8 Å². The molecular weight excluding hydrogens is 430 g/mol. The summed E-state index contributed by atoms with van der Waals surface area (Å²) in [5.74, 6) is 0.495. The Labute approximate surface area is 167 Å². The summed E-state index contributed by atoms with van der Waals surface area (Å²) in [7, 11) is -3.28. The molecule has 2 aromatic carbocycles. The highest BCUT2D eigenvalue weighted by molar-refractivity contribution is 9.10. The zero-order valence-electron chi connectivity index (χ0n) is 14.8. The smallest absolute Gasteiger partial charge is 0.231 e. The van der Waals surface area contributed by atoms with Crippen molar-refractivity contribution in [3.05, 3.63) is 70.1 Å². The van der Waals surface area contributed by atoms with Gasteiger partial charge in [0, 0.05) is 15.6 Å². The Hall–Kier alpha value is -2.12. The van der Waals surface area contributed by atoms with Crippen LogP contribution in [0.4, 0.5) is 5.69 Å². The molecule has 1 amide bonds. The van der Waals surface area contributed by atoms with Gasteiger partial charge in [-0.15, -0.1) is 0 Å². The first kappa shape index (κ1) is 19.6. The first-order valence-corrected chi connectivity index (χ1v) is 11.1. The summed E-state index contributed by atoms with van der Waals surface area (Å²) in [4.78, 5) is 14.6. The van der Waals surface area contributed by atoms with E-state index in [2.05, 4.69) is 15.9 Å². The summed E-state index contributed by atoms with van der Waals surface area (Å²) in [5.41, 5.74) is 1.51. The normalized spacial score (nSPS) is 17.6. The van der Waals surface area contributed by atoms with E-state index in [1.807, 2.05) is 43.3 Å². The molecule has 0 N–H and O–H groups in total. The van der Waals surface area contributed by atoms with Crippen LogP contribution in [0.15, 0.2) is 64.5 Å². The molecular formula is C20H20BrNO4S. The third-order valence-electron chi connectivity index (χ3n) is 4.21. The number of benzene rings is 2. The van der Waals surface area contributed by atoms with E-state index in [1.54, 1.807) is 23.1 Å². The van der Waals surface area contributed by atoms with Gasteiger partial charge in [-0.25, -0.2) is 8.42 Å². The van der Waals surface area contributed by atoms with Crippen molar-refractivity contribution < 1.29 is 17.9 Å². The van der Waals surface area contributed by atoms with Gasteiger partial charge in [-0.05, 0) is 55.0 Å². The number of nitrogens with zero attached hydrogens (tertiary/aromatic N) is 1. The van der Waals surface area contributed by atoms with Crippen LogP contribution >= 0.6 is 15.9 Å². The Kier molecular flexibility index (Phi) is 6.01. The number of hydrogen-bond acceptors (Lipinski definition) is 4. The second-order valence-electron chi connectivity index (χ2n) is 6.22. The first-order valence-electron chi connectivity index (χ1n) is 8.58. The van der Waals surface area contributed by atoms with E-state index in [0.29, 0.717) is 12.3 Å². The topological polar surface area (TPSA) is 63.7 Å². The van der Waals surface area contributed by atoms with Crippen LogP contribution in [0, 0.1) is 0 Å². The maximum atomic E-state index is 13.1. The molecule has 1 atom stereocenters. The van der Waals surface area contributed by atoms with E-state index in [4.69, 9.17) is 4.74 Å². The van der Waals surface area contributed by atoms with Crippen LogP contribution in [0.2, 0.25) is 0 Å². The largest absolute Gasteiger partial charge is 0.494 e. The molecule has 0 bridgehead atoms. The molecule has 27 heavy (non-hydrogen) atoms. The van der Waals surface area contributed by atoms with Crippen molar-refractivity contribution in [2.75, 3.05) is 17.3 Å². The number of carbonyl (C=O) groups is 1. The number of amides is 1. The quantitative estimate of drug-likeness (QED) is 0.673. The van der Waals surface area contributed by atoms with Crippen molar-refractivity contribution in [2.45, 2.75) is 19.4 Å². The van der Waals surface area contributed by atoms with Gasteiger partial charge in [-0.3, -0.25) is 4.79 Å². The molecule has 0 radical (unpaired) electrons. The minimum absolute atomic E-state index is 0.0991. The van der Waals surface area contributed by atoms with Crippen LogP contribution in [0.1, 0.15) is 12.5 Å². The van der Waals surface area contributed by atoms with Gasteiger partial charge >= 0.3 is 0 Å². The molecule has 0 fully saturated rings. The Morgan fingerprint density at radius 3 is 2.37 bits per heavy atom. The summed E-state index contributed by atoms with van der Waals surface area (Å²) >= 11 is 3.38. The molecule has 1 aliphatic heterocycles. The van der Waals surface area contributed by atoms with Gasteiger partial charge in [-0.2, -0.15) is 0 Å². The lowest BCUT2D eigenvalue weighted by molar-refractivity contribution is -0.118. The van der Waals surface area contributed by atoms with Gasteiger partial charge in [0.1, 0.15) is 5.75 Å². The van der Waals surface area contributed by atoms with Gasteiger partial charge in [0.2, 0.25) is 5.91 Å². The Bertz CT molecular complexity index is 937. The molecule has 1 heterocycles. The lowest BCUT2D eigenvalue weighted by Gasteiger charge is -2.28. The lowest BCUT2D eigenvalue weighted by Crippen LogP contribution is -2.42. The number of ether oxygens (including phenoxy) is 1. The Balaban J connectivity index is 1.84. The Morgan fingerprint density at radius 1 is 1.15 bits per heavy atom. The fourth-order valence-corrected chi connectivity index (χ4v) is 4.50. The third kappa shape index (κ3) is 4.99. The number of rotatable bonds is 6. The van der Waals surface area contributed by atoms with E-state index >= 15 is 0 Å². The Morgan fingerprint density at radius 2 is 1.81 bits per heavy atom. The molecule has 1 unspecified atom stereocenters. The predicted octanol–water partition coefficient (Wildman–Crippen LogP) is 3.73. The summed E-state index contributed by atoms with van der Waals surface area (Å²) in [6.07, 6.45) is 1.75. The molecule has 0 saturated carbocycles. The highest BCUT2D eigenvalue weighted by Gasteiger charge is 2.31. The molecule has 0 aliphatic carbocycles. The zero-order valence-corrected chi connectivity index (χ0v) is 17.2. The van der Waals surface area contributed by atoms with Crippen LogP contribution in [-0.4, -0.2) is 32.7 Å². The zero-order chi connectivity index (χ0) is 19.4. The summed E-state index contributed by atoms with van der Waals surface area (Å²) in [6.45, 7) is 2.49. The number of sulfone groups is 1. The first-order chi connectivity index (χ1) is 12.9. The fourth-order valence-electron chi connectivity index (χ4n) is 2.97. The van der Waals surface area contributed by atoms with E-state index in [-0.39, 0.29) is 18.1 Å². The molecule has 142 valence electrons. The average Bonchev–Trinajstić information content (AvgIpc) is 2.98. The van der Waals surface area contributed by atoms with Crippen molar-refractivity contribution in [1.82, 2.24) is 0 Å². The van der Waals surface area contributed by atoms with Gasteiger partial charge in [0.25, 0.3) is 0 Å². The maximum absolute atomic E-state index is 13.1. The van der Waals surface area contributed by atoms with Crippen LogP contribution in [0.3, 0.4) is 0 Å². The molecule has 0 spiro atoms. The minimum atomic E-state index is -3.28. The van der Waals surface area contributed by atoms with Crippen molar-refractivity contribution in [2.24, 2.45) is 0 Å². The number of anilines is 1. The van der Waals surface area contributed by atoms with Gasteiger partial charge < -0.3 is 9.64 Å². The van der Waals surface area contributed by atoms with Crippen molar-refractivity contribution in [1.29, 1.82) is 0 Å². The van der Waals surface area contributed by atoms with Gasteiger partial charge in [0.15, 0.2) is 9.84 Å². The predicted molar refractivity (Wildman–Crippen MR) is 110 cm³/mol. The maximum Gasteiger partial charge on any atom is 0.231 e. The summed E-state index contributed by atoms with van der Waals surface area (Å²) in [6, 6.07) is 14.1. The highest BCUT2D eigenvalue weighted by Crippen LogP contribution is 2.26. The molecule has 3 rings (SSSR count). The highest BCUT2D eigenvalue weighted by atomic mass is 79.9. The van der Waals surface area contributed by atoms with E-state index in [9.17, 15) is 13.2 Å². The monoisotopic (exact) mass is 449 g/mol. The molecule has 0 aromatic heterocycles. The number of carbonyl (C=O) groups excluding carboxylic acids is 1. The lowest BCUT2D eigenvalue weighted by atomic mass is 10.1. The third-order valence-corrected chi connectivity index (χ3v) is 6.11. The van der Waals surface area contributed by atoms with Crippen LogP contribution in [0.25, 0.3) is 0 Å². The molecule has 2 aromatic rings. The van der Waals surface area contributed by atoms with Crippen molar-refractivity contribution in [3.8, 4) is 5.75 Å². The summed E-state index contributed by atoms with van der Waals surface area (Å²) in [5, 5.41) is 1.19. The average molecular weight is 450 g/mol. The van der Waals surface area contributed by atoms with Crippen LogP contribution < -0.4 is 9.64 Å². The molecule has 7 heteroatoms. The fraction of sp³-hybridized carbons (Fsp3) is 0.250. The molecule has 1 aliphatic rings. The van der Waals surface area contributed by atoms with Gasteiger partial charge in [0.05, 0.1) is 24.8 Å². The van der Waals surface area contributed by atoms with E-state index in [1.165, 1.54) is 5.41 Å². The number of hydrogen-bond donors (Lipinski definition) is 0. The minimum Gasteiger partial charge on any atom is -0.494 e. The number of halogens is 1. The van der Waals surface area contributed by atoms with E-state index < -0.39 is 15.9 Å². The van der Waals surface area contributed by atoms with Crippen molar-refractivity contribution in [3.63, 3.8) is 0 Å².